The maximum atomic E-state index is 13.5. The molecule has 0 spiro atoms. The van der Waals surface area contributed by atoms with Gasteiger partial charge in [-0.1, -0.05) is 12.1 Å². The van der Waals surface area contributed by atoms with Crippen molar-refractivity contribution in [3.63, 3.8) is 0 Å². The van der Waals surface area contributed by atoms with Crippen LogP contribution in [0.1, 0.15) is 12.8 Å². The summed E-state index contributed by atoms with van der Waals surface area (Å²) in [5.41, 5.74) is 0.474. The molecule has 7 heteroatoms. The lowest BCUT2D eigenvalue weighted by Crippen LogP contribution is -2.28. The number of nitrogens with zero attached hydrogens (tertiary/aromatic N) is 2. The SMILES string of the molecule is O=C(Nc1cnc(Oc2ccccc2F)nc1)C1CCOCC1. The maximum absolute atomic E-state index is 13.5. The molecule has 3 rings (SSSR count). The van der Waals surface area contributed by atoms with Crippen molar-refractivity contribution >= 4 is 11.6 Å². The molecule has 23 heavy (non-hydrogen) atoms. The Morgan fingerprint density at radius 1 is 1.22 bits per heavy atom. The first kappa shape index (κ1) is 15.4. The second-order valence-corrected chi connectivity index (χ2v) is 5.16. The lowest BCUT2D eigenvalue weighted by Gasteiger charge is -2.21. The molecule has 120 valence electrons. The number of hydrogen-bond donors (Lipinski definition) is 1. The Labute approximate surface area is 132 Å². The standard InChI is InChI=1S/C16H16FN3O3/c17-13-3-1-2-4-14(13)23-16-18-9-12(10-19-16)20-15(21)11-5-7-22-8-6-11/h1-4,9-11H,5-8H2,(H,20,21). The predicted molar refractivity (Wildman–Crippen MR) is 80.7 cm³/mol. The van der Waals surface area contributed by atoms with Crippen LogP contribution in [-0.4, -0.2) is 29.1 Å². The van der Waals surface area contributed by atoms with Gasteiger partial charge in [0, 0.05) is 19.1 Å². The molecule has 0 aliphatic carbocycles. The van der Waals surface area contributed by atoms with Crippen LogP contribution in [0, 0.1) is 11.7 Å². The highest BCUT2D eigenvalue weighted by molar-refractivity contribution is 5.92. The van der Waals surface area contributed by atoms with Crippen LogP contribution >= 0.6 is 0 Å². The predicted octanol–water partition coefficient (Wildman–Crippen LogP) is 2.77. The summed E-state index contributed by atoms with van der Waals surface area (Å²) in [5, 5.41) is 2.76. The maximum Gasteiger partial charge on any atom is 0.322 e. The Kier molecular flexibility index (Phi) is 4.77. The van der Waals surface area contributed by atoms with Crippen LogP contribution in [-0.2, 0) is 9.53 Å². The van der Waals surface area contributed by atoms with Crippen LogP contribution in [0.3, 0.4) is 0 Å². The van der Waals surface area contributed by atoms with Crippen LogP contribution < -0.4 is 10.1 Å². The average molecular weight is 317 g/mol. The topological polar surface area (TPSA) is 73.3 Å². The fraction of sp³-hybridized carbons (Fsp3) is 0.312. The number of rotatable bonds is 4. The summed E-state index contributed by atoms with van der Waals surface area (Å²) in [6.45, 7) is 1.20. The Bertz CT molecular complexity index is 673. The first-order valence-electron chi connectivity index (χ1n) is 7.35. The molecule has 0 bridgehead atoms. The van der Waals surface area contributed by atoms with E-state index in [1.54, 1.807) is 12.1 Å². The largest absolute Gasteiger partial charge is 0.421 e. The van der Waals surface area contributed by atoms with Crippen molar-refractivity contribution in [3.05, 3.63) is 42.5 Å². The summed E-state index contributed by atoms with van der Waals surface area (Å²) in [6, 6.07) is 6.01. The quantitative estimate of drug-likeness (QED) is 0.938. The number of carbonyl (C=O) groups is 1. The lowest BCUT2D eigenvalue weighted by atomic mass is 9.99. The molecule has 1 saturated heterocycles. The minimum atomic E-state index is -0.493. The van der Waals surface area contributed by atoms with E-state index in [-0.39, 0.29) is 23.6 Å². The lowest BCUT2D eigenvalue weighted by molar-refractivity contribution is -0.122. The molecule has 6 nitrogen and oxygen atoms in total. The summed E-state index contributed by atoms with van der Waals surface area (Å²) >= 11 is 0. The third kappa shape index (κ3) is 4.01. The Morgan fingerprint density at radius 2 is 1.91 bits per heavy atom. The number of hydrogen-bond acceptors (Lipinski definition) is 5. The van der Waals surface area contributed by atoms with Crippen LogP contribution in [0.2, 0.25) is 0 Å². The molecule has 2 aromatic rings. The molecule has 1 aromatic carbocycles. The van der Waals surface area contributed by atoms with Crippen molar-refractivity contribution in [2.45, 2.75) is 12.8 Å². The monoisotopic (exact) mass is 317 g/mol. The Hall–Kier alpha value is -2.54. The zero-order valence-corrected chi connectivity index (χ0v) is 12.4. The first-order valence-corrected chi connectivity index (χ1v) is 7.35. The van der Waals surface area contributed by atoms with Gasteiger partial charge in [0.05, 0.1) is 18.1 Å². The molecule has 1 amide bonds. The van der Waals surface area contributed by atoms with Gasteiger partial charge in [0.15, 0.2) is 11.6 Å². The number of para-hydroxylation sites is 1. The van der Waals surface area contributed by atoms with E-state index < -0.39 is 5.82 Å². The van der Waals surface area contributed by atoms with Gasteiger partial charge in [-0.25, -0.2) is 14.4 Å². The molecule has 0 saturated carbocycles. The number of carbonyl (C=O) groups excluding carboxylic acids is 1. The molecule has 0 atom stereocenters. The second kappa shape index (κ2) is 7.15. The fourth-order valence-corrected chi connectivity index (χ4v) is 2.26. The second-order valence-electron chi connectivity index (χ2n) is 5.16. The highest BCUT2D eigenvalue weighted by atomic mass is 19.1. The van der Waals surface area contributed by atoms with Gasteiger partial charge in [0.1, 0.15) is 0 Å². The van der Waals surface area contributed by atoms with Crippen LogP contribution in [0.15, 0.2) is 36.7 Å². The van der Waals surface area contributed by atoms with Crippen molar-refractivity contribution in [1.29, 1.82) is 0 Å². The van der Waals surface area contributed by atoms with Crippen molar-refractivity contribution < 1.29 is 18.7 Å². The van der Waals surface area contributed by atoms with Gasteiger partial charge in [-0.3, -0.25) is 4.79 Å². The van der Waals surface area contributed by atoms with Gasteiger partial charge in [0.25, 0.3) is 0 Å². The van der Waals surface area contributed by atoms with E-state index in [1.165, 1.54) is 24.5 Å². The molecular weight excluding hydrogens is 301 g/mol. The Balaban J connectivity index is 1.60. The number of amides is 1. The molecule has 1 aliphatic heterocycles. The van der Waals surface area contributed by atoms with Crippen molar-refractivity contribution in [2.24, 2.45) is 5.92 Å². The normalized spacial score (nSPS) is 15.2. The van der Waals surface area contributed by atoms with Crippen LogP contribution in [0.5, 0.6) is 11.8 Å². The highest BCUT2D eigenvalue weighted by Gasteiger charge is 2.21. The zero-order valence-electron chi connectivity index (χ0n) is 12.4. The number of aromatic nitrogens is 2. The number of benzene rings is 1. The van der Waals surface area contributed by atoms with Gasteiger partial charge in [-0.15, -0.1) is 0 Å². The Morgan fingerprint density at radius 3 is 2.61 bits per heavy atom. The fourth-order valence-electron chi connectivity index (χ4n) is 2.26. The number of anilines is 1. The van der Waals surface area contributed by atoms with Crippen LogP contribution in [0.4, 0.5) is 10.1 Å². The van der Waals surface area contributed by atoms with E-state index in [0.717, 1.165) is 0 Å². The number of halogens is 1. The molecular formula is C16H16FN3O3. The summed E-state index contributed by atoms with van der Waals surface area (Å²) in [7, 11) is 0. The third-order valence-corrected chi connectivity index (χ3v) is 3.53. The summed E-state index contributed by atoms with van der Waals surface area (Å²) in [5.74, 6) is -0.572. The van der Waals surface area contributed by atoms with E-state index in [4.69, 9.17) is 9.47 Å². The van der Waals surface area contributed by atoms with Crippen molar-refractivity contribution in [3.8, 4) is 11.8 Å². The van der Waals surface area contributed by atoms with Crippen molar-refractivity contribution in [2.75, 3.05) is 18.5 Å². The number of nitrogens with one attached hydrogen (secondary N) is 1. The van der Waals surface area contributed by atoms with E-state index in [9.17, 15) is 9.18 Å². The molecule has 0 unspecified atom stereocenters. The van der Waals surface area contributed by atoms with Crippen molar-refractivity contribution in [1.82, 2.24) is 9.97 Å². The zero-order chi connectivity index (χ0) is 16.1. The van der Waals surface area contributed by atoms with E-state index >= 15 is 0 Å². The molecule has 2 heterocycles. The third-order valence-electron chi connectivity index (χ3n) is 3.53. The molecule has 0 radical (unpaired) electrons. The smallest absolute Gasteiger partial charge is 0.322 e. The van der Waals surface area contributed by atoms with E-state index in [1.807, 2.05) is 0 Å². The molecule has 1 aromatic heterocycles. The van der Waals surface area contributed by atoms with Gasteiger partial charge in [0.2, 0.25) is 5.91 Å². The molecule has 1 fully saturated rings. The average Bonchev–Trinajstić information content (AvgIpc) is 2.59. The summed E-state index contributed by atoms with van der Waals surface area (Å²) < 4.78 is 24.0. The van der Waals surface area contributed by atoms with Gasteiger partial charge in [-0.05, 0) is 25.0 Å². The first-order chi connectivity index (χ1) is 11.2. The van der Waals surface area contributed by atoms with E-state index in [0.29, 0.717) is 31.7 Å². The minimum Gasteiger partial charge on any atom is -0.421 e. The number of ether oxygens (including phenoxy) is 2. The minimum absolute atomic E-state index is 0.0131. The summed E-state index contributed by atoms with van der Waals surface area (Å²) in [6.07, 6.45) is 4.28. The molecule has 1 aliphatic rings. The van der Waals surface area contributed by atoms with Gasteiger partial charge in [-0.2, -0.15) is 0 Å². The van der Waals surface area contributed by atoms with Crippen LogP contribution in [0.25, 0.3) is 0 Å². The highest BCUT2D eigenvalue weighted by Crippen LogP contribution is 2.22. The van der Waals surface area contributed by atoms with Gasteiger partial charge < -0.3 is 14.8 Å². The van der Waals surface area contributed by atoms with Gasteiger partial charge >= 0.3 is 6.01 Å². The van der Waals surface area contributed by atoms with E-state index in [2.05, 4.69) is 15.3 Å². The molecule has 1 N–H and O–H groups in total. The summed E-state index contributed by atoms with van der Waals surface area (Å²) in [4.78, 5) is 20.0.